The van der Waals surface area contributed by atoms with Crippen molar-refractivity contribution in [1.29, 1.82) is 0 Å². The molecular weight excluding hydrogens is 243 g/mol. The van der Waals surface area contributed by atoms with Gasteiger partial charge in [0.15, 0.2) is 0 Å². The van der Waals surface area contributed by atoms with Crippen LogP contribution in [0.2, 0.25) is 0 Å². The molecule has 0 heterocycles. The quantitative estimate of drug-likeness (QED) is 0.472. The SMILES string of the molecule is C=C(C)C(=O)Oc1ccc(-c2ccccc2F)cc1. The standard InChI is InChI=1S/C16H13FO2/c1-11(2)16(18)19-13-9-7-12(8-10-13)14-5-3-4-6-15(14)17/h3-10H,1H2,2H3. The van der Waals surface area contributed by atoms with Gasteiger partial charge < -0.3 is 4.74 Å². The molecule has 0 saturated heterocycles. The van der Waals surface area contributed by atoms with Crippen LogP contribution in [-0.2, 0) is 4.79 Å². The predicted molar refractivity (Wildman–Crippen MR) is 72.3 cm³/mol. The Bertz CT molecular complexity index is 615. The predicted octanol–water partition coefficient (Wildman–Crippen LogP) is 3.97. The van der Waals surface area contributed by atoms with Gasteiger partial charge in [0.05, 0.1) is 0 Å². The molecule has 0 bridgehead atoms. The zero-order valence-electron chi connectivity index (χ0n) is 10.5. The van der Waals surface area contributed by atoms with E-state index in [0.717, 1.165) is 5.56 Å². The van der Waals surface area contributed by atoms with Gasteiger partial charge in [-0.2, -0.15) is 0 Å². The molecule has 0 aromatic heterocycles. The molecule has 0 spiro atoms. The number of carbonyl (C=O) groups excluding carboxylic acids is 1. The number of benzene rings is 2. The summed E-state index contributed by atoms with van der Waals surface area (Å²) in [6.07, 6.45) is 0. The highest BCUT2D eigenvalue weighted by molar-refractivity contribution is 5.88. The Balaban J connectivity index is 2.22. The molecule has 3 heteroatoms. The van der Waals surface area contributed by atoms with Gasteiger partial charge in [0.25, 0.3) is 0 Å². The maximum atomic E-state index is 13.6. The molecule has 2 aromatic carbocycles. The van der Waals surface area contributed by atoms with Crippen LogP contribution in [0.1, 0.15) is 6.92 Å². The summed E-state index contributed by atoms with van der Waals surface area (Å²) in [4.78, 5) is 11.3. The zero-order chi connectivity index (χ0) is 13.8. The number of hydrogen-bond acceptors (Lipinski definition) is 2. The second-order valence-corrected chi connectivity index (χ2v) is 4.17. The molecule has 0 saturated carbocycles. The van der Waals surface area contributed by atoms with Crippen LogP contribution in [0.25, 0.3) is 11.1 Å². The minimum absolute atomic E-state index is 0.283. The van der Waals surface area contributed by atoms with Gasteiger partial charge in [-0.05, 0) is 30.7 Å². The Morgan fingerprint density at radius 3 is 2.32 bits per heavy atom. The summed E-state index contributed by atoms with van der Waals surface area (Å²) in [5.74, 6) is -0.346. The molecule has 0 aliphatic rings. The van der Waals surface area contributed by atoms with Gasteiger partial charge in [0.2, 0.25) is 0 Å². The van der Waals surface area contributed by atoms with E-state index in [-0.39, 0.29) is 5.82 Å². The van der Waals surface area contributed by atoms with Crippen molar-refractivity contribution in [3.63, 3.8) is 0 Å². The molecule has 2 rings (SSSR count). The first-order valence-corrected chi connectivity index (χ1v) is 5.80. The molecule has 2 nitrogen and oxygen atoms in total. The lowest BCUT2D eigenvalue weighted by atomic mass is 10.1. The van der Waals surface area contributed by atoms with Crippen molar-refractivity contribution in [1.82, 2.24) is 0 Å². The van der Waals surface area contributed by atoms with E-state index in [1.54, 1.807) is 49.4 Å². The minimum atomic E-state index is -0.473. The maximum absolute atomic E-state index is 13.6. The third-order valence-electron chi connectivity index (χ3n) is 2.60. The Morgan fingerprint density at radius 1 is 1.11 bits per heavy atom. The van der Waals surface area contributed by atoms with Gasteiger partial charge in [-0.1, -0.05) is 36.9 Å². The van der Waals surface area contributed by atoms with Crippen molar-refractivity contribution in [2.24, 2.45) is 0 Å². The van der Waals surface area contributed by atoms with Crippen molar-refractivity contribution in [2.75, 3.05) is 0 Å². The lowest BCUT2D eigenvalue weighted by Crippen LogP contribution is -2.07. The zero-order valence-corrected chi connectivity index (χ0v) is 10.5. The van der Waals surface area contributed by atoms with Gasteiger partial charge in [-0.25, -0.2) is 9.18 Å². The van der Waals surface area contributed by atoms with E-state index in [9.17, 15) is 9.18 Å². The Morgan fingerprint density at radius 2 is 1.74 bits per heavy atom. The third kappa shape index (κ3) is 3.07. The summed E-state index contributed by atoms with van der Waals surface area (Å²) < 4.78 is 18.7. The summed E-state index contributed by atoms with van der Waals surface area (Å²) in [5, 5.41) is 0. The van der Waals surface area contributed by atoms with E-state index in [0.29, 0.717) is 16.9 Å². The van der Waals surface area contributed by atoms with Crippen LogP contribution in [0.4, 0.5) is 4.39 Å². The van der Waals surface area contributed by atoms with E-state index in [1.807, 2.05) is 0 Å². The first kappa shape index (κ1) is 13.0. The van der Waals surface area contributed by atoms with Crippen LogP contribution in [-0.4, -0.2) is 5.97 Å². The number of rotatable bonds is 3. The first-order valence-electron chi connectivity index (χ1n) is 5.80. The topological polar surface area (TPSA) is 26.3 Å². The molecule has 0 radical (unpaired) electrons. The van der Waals surface area contributed by atoms with E-state index in [1.165, 1.54) is 6.07 Å². The van der Waals surface area contributed by atoms with E-state index < -0.39 is 5.97 Å². The van der Waals surface area contributed by atoms with Crippen molar-refractivity contribution in [3.05, 3.63) is 66.5 Å². The van der Waals surface area contributed by atoms with Crippen molar-refractivity contribution < 1.29 is 13.9 Å². The monoisotopic (exact) mass is 256 g/mol. The largest absolute Gasteiger partial charge is 0.423 e. The fourth-order valence-electron chi connectivity index (χ4n) is 1.59. The smallest absolute Gasteiger partial charge is 0.338 e. The molecule has 2 aromatic rings. The normalized spacial score (nSPS) is 10.0. The second kappa shape index (κ2) is 5.48. The Kier molecular flexibility index (Phi) is 3.76. The third-order valence-corrected chi connectivity index (χ3v) is 2.60. The van der Waals surface area contributed by atoms with Gasteiger partial charge in [-0.15, -0.1) is 0 Å². The molecule has 0 fully saturated rings. The molecular formula is C16H13FO2. The highest BCUT2D eigenvalue weighted by Crippen LogP contribution is 2.24. The average Bonchev–Trinajstić information content (AvgIpc) is 2.40. The van der Waals surface area contributed by atoms with Crippen molar-refractivity contribution in [2.45, 2.75) is 6.92 Å². The van der Waals surface area contributed by atoms with Crippen molar-refractivity contribution in [3.8, 4) is 16.9 Å². The summed E-state index contributed by atoms with van der Waals surface area (Å²) >= 11 is 0. The number of hydrogen-bond donors (Lipinski definition) is 0. The summed E-state index contributed by atoms with van der Waals surface area (Å²) in [6.45, 7) is 5.08. The number of esters is 1. The molecule has 96 valence electrons. The van der Waals surface area contributed by atoms with E-state index in [4.69, 9.17) is 4.74 Å². The lowest BCUT2D eigenvalue weighted by Gasteiger charge is -2.06. The fourth-order valence-corrected chi connectivity index (χ4v) is 1.59. The molecule has 0 N–H and O–H groups in total. The number of ether oxygens (including phenoxy) is 1. The highest BCUT2D eigenvalue weighted by atomic mass is 19.1. The van der Waals surface area contributed by atoms with Crippen LogP contribution in [0, 0.1) is 5.82 Å². The van der Waals surface area contributed by atoms with Gasteiger partial charge >= 0.3 is 5.97 Å². The van der Waals surface area contributed by atoms with Crippen molar-refractivity contribution >= 4 is 5.97 Å². The average molecular weight is 256 g/mol. The number of carbonyl (C=O) groups is 1. The molecule has 0 aliphatic carbocycles. The molecule has 19 heavy (non-hydrogen) atoms. The van der Waals surface area contributed by atoms with Crippen LogP contribution in [0.5, 0.6) is 5.75 Å². The van der Waals surface area contributed by atoms with Gasteiger partial charge in [0, 0.05) is 11.1 Å². The van der Waals surface area contributed by atoms with Crippen LogP contribution < -0.4 is 4.74 Å². The summed E-state index contributed by atoms with van der Waals surface area (Å²) in [6, 6.07) is 13.2. The Hall–Kier alpha value is -2.42. The first-order chi connectivity index (χ1) is 9.08. The maximum Gasteiger partial charge on any atom is 0.338 e. The molecule has 0 atom stereocenters. The minimum Gasteiger partial charge on any atom is -0.423 e. The van der Waals surface area contributed by atoms with Crippen LogP contribution in [0.3, 0.4) is 0 Å². The second-order valence-electron chi connectivity index (χ2n) is 4.17. The molecule has 0 amide bonds. The lowest BCUT2D eigenvalue weighted by molar-refractivity contribution is -0.130. The van der Waals surface area contributed by atoms with Gasteiger partial charge in [0.1, 0.15) is 11.6 Å². The fraction of sp³-hybridized carbons (Fsp3) is 0.0625. The van der Waals surface area contributed by atoms with Crippen LogP contribution in [0.15, 0.2) is 60.7 Å². The summed E-state index contributed by atoms with van der Waals surface area (Å²) in [7, 11) is 0. The van der Waals surface area contributed by atoms with Crippen LogP contribution >= 0.6 is 0 Å². The molecule has 0 unspecified atom stereocenters. The number of halogens is 1. The Labute approximate surface area is 111 Å². The molecule has 0 aliphatic heterocycles. The highest BCUT2D eigenvalue weighted by Gasteiger charge is 2.07. The summed E-state index contributed by atoms with van der Waals surface area (Å²) in [5.41, 5.74) is 1.58. The van der Waals surface area contributed by atoms with E-state index >= 15 is 0 Å². The van der Waals surface area contributed by atoms with E-state index in [2.05, 4.69) is 6.58 Å². The van der Waals surface area contributed by atoms with Gasteiger partial charge in [-0.3, -0.25) is 0 Å².